The minimum atomic E-state index is 0.0810. The summed E-state index contributed by atoms with van der Waals surface area (Å²) in [5, 5.41) is 2.17. The van der Waals surface area contributed by atoms with Crippen LogP contribution in [-0.4, -0.2) is 35.2 Å². The number of imidazole rings is 1. The third-order valence-electron chi connectivity index (χ3n) is 1.15. The quantitative estimate of drug-likeness (QED) is 0.284. The van der Waals surface area contributed by atoms with E-state index in [1.165, 1.54) is 11.1 Å². The number of hydrogen-bond donors (Lipinski definition) is 0. The van der Waals surface area contributed by atoms with Gasteiger partial charge in [-0.15, -0.1) is 0 Å². The lowest BCUT2D eigenvalue weighted by Gasteiger charge is -2.05. The van der Waals surface area contributed by atoms with E-state index in [1.807, 2.05) is 0 Å². The van der Waals surface area contributed by atoms with Crippen molar-refractivity contribution in [3.05, 3.63) is 18.7 Å². The van der Waals surface area contributed by atoms with Crippen molar-refractivity contribution in [2.75, 3.05) is 20.3 Å². The van der Waals surface area contributed by atoms with Crippen molar-refractivity contribution in [3.8, 4) is 0 Å². The molecule has 1 aromatic heterocycles. The van der Waals surface area contributed by atoms with Crippen LogP contribution in [0.3, 0.4) is 0 Å². The molecule has 0 saturated heterocycles. The smallest absolute Gasteiger partial charge is 0.216 e. The van der Waals surface area contributed by atoms with Crippen molar-refractivity contribution in [1.29, 1.82) is 0 Å². The molecule has 0 atom stereocenters. The summed E-state index contributed by atoms with van der Waals surface area (Å²) in [6.45, 7) is 0.321. The highest BCUT2D eigenvalue weighted by Crippen LogP contribution is 1.82. The Bertz CT molecular complexity index is 284. The fourth-order valence-electron chi connectivity index (χ4n) is 0.624. The molecule has 0 fully saturated rings. The molecule has 1 aromatic rings. The van der Waals surface area contributed by atoms with Crippen LogP contribution >= 0.6 is 12.2 Å². The van der Waals surface area contributed by atoms with E-state index in [0.29, 0.717) is 0 Å². The standard InChI is InChI=1S/C7H9N3O3S/c14-5-9-4-11-6-12-7-13-10-2-1-8-3-10/h1-3H,4,6-7H2. The number of aromatic nitrogens is 2. The largest absolute Gasteiger partial charge is 0.384 e. The van der Waals surface area contributed by atoms with Crippen molar-refractivity contribution in [1.82, 2.24) is 9.71 Å². The molecule has 0 aliphatic heterocycles. The average Bonchev–Trinajstić information content (AvgIpc) is 2.69. The summed E-state index contributed by atoms with van der Waals surface area (Å²) in [5.74, 6) is 0. The van der Waals surface area contributed by atoms with E-state index in [4.69, 9.17) is 14.3 Å². The number of nitrogens with zero attached hydrogens (tertiary/aromatic N) is 3. The molecule has 0 unspecified atom stereocenters. The zero-order chi connectivity index (χ0) is 10.1. The van der Waals surface area contributed by atoms with Gasteiger partial charge in [0, 0.05) is 6.20 Å². The number of hydrogen-bond acceptors (Lipinski definition) is 6. The van der Waals surface area contributed by atoms with E-state index in [2.05, 4.69) is 27.4 Å². The van der Waals surface area contributed by atoms with E-state index < -0.39 is 0 Å². The zero-order valence-corrected chi connectivity index (χ0v) is 8.14. The van der Waals surface area contributed by atoms with Crippen LogP contribution in [0.2, 0.25) is 0 Å². The van der Waals surface area contributed by atoms with Gasteiger partial charge in [-0.2, -0.15) is 4.73 Å². The van der Waals surface area contributed by atoms with Crippen LogP contribution in [0.1, 0.15) is 0 Å². The summed E-state index contributed by atoms with van der Waals surface area (Å²) in [7, 11) is 0. The maximum Gasteiger partial charge on any atom is 0.216 e. The minimum absolute atomic E-state index is 0.0810. The summed E-state index contributed by atoms with van der Waals surface area (Å²) >= 11 is 4.33. The summed E-state index contributed by atoms with van der Waals surface area (Å²) in [6, 6.07) is 0. The first-order valence-electron chi connectivity index (χ1n) is 3.74. The van der Waals surface area contributed by atoms with E-state index >= 15 is 0 Å². The third kappa shape index (κ3) is 4.68. The molecule has 0 aliphatic rings. The zero-order valence-electron chi connectivity index (χ0n) is 7.33. The lowest BCUT2D eigenvalue weighted by Crippen LogP contribution is -2.14. The minimum Gasteiger partial charge on any atom is -0.384 e. The molecular formula is C7H9N3O3S. The van der Waals surface area contributed by atoms with Gasteiger partial charge in [-0.25, -0.2) is 9.98 Å². The maximum atomic E-state index is 5.04. The van der Waals surface area contributed by atoms with Gasteiger partial charge in [0.05, 0.1) is 11.4 Å². The highest BCUT2D eigenvalue weighted by atomic mass is 32.1. The van der Waals surface area contributed by atoms with E-state index in [9.17, 15) is 0 Å². The van der Waals surface area contributed by atoms with E-state index in [-0.39, 0.29) is 20.3 Å². The number of aliphatic imine (C=N–C) groups is 1. The van der Waals surface area contributed by atoms with Gasteiger partial charge in [-0.3, -0.25) is 0 Å². The Morgan fingerprint density at radius 3 is 3.07 bits per heavy atom. The molecule has 0 saturated carbocycles. The number of rotatable bonds is 7. The van der Waals surface area contributed by atoms with Gasteiger partial charge in [0.1, 0.15) is 13.1 Å². The van der Waals surface area contributed by atoms with Crippen LogP contribution in [0, 0.1) is 0 Å². The maximum absolute atomic E-state index is 5.04. The van der Waals surface area contributed by atoms with Crippen molar-refractivity contribution < 1.29 is 14.3 Å². The molecular weight excluding hydrogens is 206 g/mol. The molecule has 0 bridgehead atoms. The number of ether oxygens (including phenoxy) is 2. The Kier molecular flexibility index (Phi) is 5.53. The topological polar surface area (TPSA) is 57.9 Å². The highest BCUT2D eigenvalue weighted by Gasteiger charge is 1.89. The van der Waals surface area contributed by atoms with Gasteiger partial charge in [0.2, 0.25) is 6.79 Å². The monoisotopic (exact) mass is 215 g/mol. The second-order valence-electron chi connectivity index (χ2n) is 2.07. The van der Waals surface area contributed by atoms with Crippen molar-refractivity contribution in [2.24, 2.45) is 4.99 Å². The van der Waals surface area contributed by atoms with Crippen LogP contribution in [0.4, 0.5) is 0 Å². The Balaban J connectivity index is 1.92. The first-order valence-corrected chi connectivity index (χ1v) is 4.14. The fraction of sp³-hybridized carbons (Fsp3) is 0.429. The van der Waals surface area contributed by atoms with Gasteiger partial charge in [-0.1, -0.05) is 0 Å². The summed E-state index contributed by atoms with van der Waals surface area (Å²) in [6.07, 6.45) is 4.77. The predicted molar refractivity (Wildman–Crippen MR) is 50.6 cm³/mol. The van der Waals surface area contributed by atoms with Crippen LogP contribution in [-0.2, 0) is 9.47 Å². The van der Waals surface area contributed by atoms with Gasteiger partial charge >= 0.3 is 0 Å². The van der Waals surface area contributed by atoms with Crippen LogP contribution in [0.5, 0.6) is 0 Å². The lowest BCUT2D eigenvalue weighted by atomic mass is 11.0. The molecule has 7 heteroatoms. The van der Waals surface area contributed by atoms with Gasteiger partial charge < -0.3 is 14.3 Å². The Morgan fingerprint density at radius 2 is 2.36 bits per heavy atom. The van der Waals surface area contributed by atoms with Crippen LogP contribution in [0.25, 0.3) is 0 Å². The van der Waals surface area contributed by atoms with Crippen molar-refractivity contribution >= 4 is 17.4 Å². The Morgan fingerprint density at radius 1 is 1.43 bits per heavy atom. The molecule has 0 aromatic carbocycles. The van der Waals surface area contributed by atoms with Crippen LogP contribution in [0.15, 0.2) is 23.7 Å². The first-order chi connectivity index (χ1) is 6.93. The van der Waals surface area contributed by atoms with Gasteiger partial charge in [0.25, 0.3) is 0 Å². The SMILES string of the molecule is S=C=NCOCOCOn1ccnc1. The highest BCUT2D eigenvalue weighted by molar-refractivity contribution is 7.78. The molecule has 76 valence electrons. The van der Waals surface area contributed by atoms with Gasteiger partial charge in [-0.05, 0) is 12.2 Å². The lowest BCUT2D eigenvalue weighted by molar-refractivity contribution is -0.131. The molecule has 1 rings (SSSR count). The normalized spacial score (nSPS) is 9.43. The summed E-state index contributed by atoms with van der Waals surface area (Å²) in [4.78, 5) is 12.3. The average molecular weight is 215 g/mol. The summed E-state index contributed by atoms with van der Waals surface area (Å²) in [5.41, 5.74) is 0. The van der Waals surface area contributed by atoms with Crippen molar-refractivity contribution in [2.45, 2.75) is 0 Å². The predicted octanol–water partition coefficient (Wildman–Crippen LogP) is 0.320. The molecule has 0 aliphatic carbocycles. The molecule has 0 amide bonds. The first kappa shape index (κ1) is 10.8. The van der Waals surface area contributed by atoms with E-state index in [1.54, 1.807) is 12.4 Å². The molecule has 6 nitrogen and oxygen atoms in total. The molecule has 14 heavy (non-hydrogen) atoms. The second kappa shape index (κ2) is 7.16. The number of thiocarbonyl (C=S) groups is 1. The van der Waals surface area contributed by atoms with E-state index in [0.717, 1.165) is 0 Å². The van der Waals surface area contributed by atoms with Crippen LogP contribution < -0.4 is 4.84 Å². The molecule has 0 radical (unpaired) electrons. The third-order valence-corrected chi connectivity index (χ3v) is 1.28. The molecule has 0 N–H and O–H groups in total. The Hall–Kier alpha value is -1.27. The molecule has 1 heterocycles. The van der Waals surface area contributed by atoms with Gasteiger partial charge in [0.15, 0.2) is 6.79 Å². The van der Waals surface area contributed by atoms with Crippen molar-refractivity contribution in [3.63, 3.8) is 0 Å². The summed E-state index contributed by atoms with van der Waals surface area (Å²) < 4.78 is 11.2. The molecule has 0 spiro atoms. The fourth-order valence-corrected chi connectivity index (χ4v) is 0.676. The second-order valence-corrected chi connectivity index (χ2v) is 2.26. The number of isothiocyanates is 1. The Labute approximate surface area is 86.1 Å².